The average Bonchev–Trinajstić information content (AvgIpc) is 2.62. The van der Waals surface area contributed by atoms with Gasteiger partial charge in [-0.2, -0.15) is 0 Å². The average molecular weight is 318 g/mol. The third-order valence-corrected chi connectivity index (χ3v) is 3.34. The largest absolute Gasteiger partial charge is 0.362 e. The fourth-order valence-electron chi connectivity index (χ4n) is 1.98. The predicted octanol–water partition coefficient (Wildman–Crippen LogP) is 4.96. The van der Waals surface area contributed by atoms with Crippen LogP contribution in [0.5, 0.6) is 0 Å². The van der Waals surface area contributed by atoms with Gasteiger partial charge in [0.2, 0.25) is 0 Å². The maximum absolute atomic E-state index is 7.04. The van der Waals surface area contributed by atoms with Crippen molar-refractivity contribution in [3.8, 4) is 22.6 Å². The predicted molar refractivity (Wildman–Crippen MR) is 88.2 cm³/mol. The molecule has 0 fully saturated rings. The van der Waals surface area contributed by atoms with Crippen molar-refractivity contribution in [1.82, 2.24) is 15.0 Å². The van der Waals surface area contributed by atoms with Crippen LogP contribution in [0.3, 0.4) is 0 Å². The second-order valence-corrected chi connectivity index (χ2v) is 5.01. The maximum Gasteiger partial charge on any atom is 0.345 e. The van der Waals surface area contributed by atoms with E-state index in [1.165, 1.54) is 6.07 Å². The zero-order chi connectivity index (χ0) is 16.2. The lowest BCUT2D eigenvalue weighted by Crippen LogP contribution is -1.90. The van der Waals surface area contributed by atoms with E-state index in [9.17, 15) is 0 Å². The molecule has 0 aliphatic carbocycles. The van der Waals surface area contributed by atoms with Crippen LogP contribution in [0.4, 0.5) is 11.6 Å². The van der Waals surface area contributed by atoms with Gasteiger partial charge in [0.05, 0.1) is 11.3 Å². The fourth-order valence-corrected chi connectivity index (χ4v) is 2.11. The Bertz CT molecular complexity index is 902. The van der Waals surface area contributed by atoms with E-state index < -0.39 is 0 Å². The van der Waals surface area contributed by atoms with E-state index in [1.54, 1.807) is 18.3 Å². The van der Waals surface area contributed by atoms with Crippen LogP contribution in [0, 0.1) is 13.1 Å². The van der Waals surface area contributed by atoms with E-state index in [1.807, 2.05) is 24.3 Å². The molecular weight excluding hydrogens is 310 g/mol. The third-order valence-electron chi connectivity index (χ3n) is 3.09. The van der Waals surface area contributed by atoms with Gasteiger partial charge in [0, 0.05) is 16.8 Å². The van der Waals surface area contributed by atoms with E-state index in [-0.39, 0.29) is 11.6 Å². The number of hydrogen-bond acceptors (Lipinski definition) is 3. The van der Waals surface area contributed by atoms with E-state index >= 15 is 0 Å². The van der Waals surface area contributed by atoms with Crippen molar-refractivity contribution < 1.29 is 0 Å². The van der Waals surface area contributed by atoms with E-state index in [4.69, 9.17) is 24.7 Å². The zero-order valence-electron chi connectivity index (χ0n) is 11.7. The summed E-state index contributed by atoms with van der Waals surface area (Å²) >= 11 is 5.88. The fraction of sp³-hybridized carbons (Fsp3) is 0. The van der Waals surface area contributed by atoms with Gasteiger partial charge in [0.15, 0.2) is 0 Å². The van der Waals surface area contributed by atoms with Gasteiger partial charge in [0.25, 0.3) is 11.6 Å². The van der Waals surface area contributed by atoms with Crippen molar-refractivity contribution >= 4 is 23.2 Å². The topological polar surface area (TPSA) is 47.4 Å². The minimum atomic E-state index is 0.141. The normalized spacial score (nSPS) is 9.87. The highest BCUT2D eigenvalue weighted by atomic mass is 35.5. The maximum atomic E-state index is 7.04. The molecule has 0 amide bonds. The van der Waals surface area contributed by atoms with Crippen LogP contribution in [0.2, 0.25) is 5.02 Å². The number of hydrogen-bond donors (Lipinski definition) is 0. The first-order valence-corrected chi connectivity index (χ1v) is 6.94. The molecule has 0 atom stereocenters. The van der Waals surface area contributed by atoms with Crippen LogP contribution in [-0.4, -0.2) is 15.0 Å². The molecule has 2 aromatic heterocycles. The van der Waals surface area contributed by atoms with Gasteiger partial charge in [-0.15, -0.1) is 0 Å². The highest BCUT2D eigenvalue weighted by Gasteiger charge is 2.14. The molecule has 3 aromatic rings. The van der Waals surface area contributed by atoms with Crippen molar-refractivity contribution in [3.05, 3.63) is 76.5 Å². The van der Waals surface area contributed by atoms with Gasteiger partial charge in [-0.1, -0.05) is 46.8 Å². The molecule has 0 aliphatic rings. The molecule has 2 heterocycles. The first-order chi connectivity index (χ1) is 11.2. The van der Waals surface area contributed by atoms with E-state index in [2.05, 4.69) is 24.6 Å². The second kappa shape index (κ2) is 6.23. The summed E-state index contributed by atoms with van der Waals surface area (Å²) in [5.41, 5.74) is 2.38. The number of halogens is 1. The SMILES string of the molecule is [C-]#[N+]c1cc([N+]#[C-])nc(-c2ccc(-c3ccc(Cl)cc3)nc2)n1. The molecule has 6 heteroatoms. The summed E-state index contributed by atoms with van der Waals surface area (Å²) in [4.78, 5) is 19.1. The summed E-state index contributed by atoms with van der Waals surface area (Å²) in [6.45, 7) is 14.1. The minimum Gasteiger partial charge on any atom is -0.362 e. The number of benzene rings is 1. The summed E-state index contributed by atoms with van der Waals surface area (Å²) < 4.78 is 0. The second-order valence-electron chi connectivity index (χ2n) is 4.57. The van der Waals surface area contributed by atoms with E-state index in [0.717, 1.165) is 11.3 Å². The Hall–Kier alpha value is -3.28. The van der Waals surface area contributed by atoms with Gasteiger partial charge in [-0.25, -0.2) is 0 Å². The van der Waals surface area contributed by atoms with Crippen molar-refractivity contribution in [3.63, 3.8) is 0 Å². The molecule has 1 aromatic carbocycles. The summed E-state index contributed by atoms with van der Waals surface area (Å²) in [5, 5.41) is 0.668. The van der Waals surface area contributed by atoms with Crippen molar-refractivity contribution in [1.29, 1.82) is 0 Å². The Kier molecular flexibility index (Phi) is 3.97. The van der Waals surface area contributed by atoms with Crippen LogP contribution < -0.4 is 0 Å². The first kappa shape index (κ1) is 14.6. The Morgan fingerprint density at radius 2 is 1.43 bits per heavy atom. The highest BCUT2D eigenvalue weighted by molar-refractivity contribution is 6.30. The van der Waals surface area contributed by atoms with Crippen molar-refractivity contribution in [2.75, 3.05) is 0 Å². The number of nitrogens with zero attached hydrogens (tertiary/aromatic N) is 5. The molecule has 3 rings (SSSR count). The van der Waals surface area contributed by atoms with Gasteiger partial charge in [0.1, 0.15) is 0 Å². The van der Waals surface area contributed by atoms with Gasteiger partial charge in [-0.3, -0.25) is 4.98 Å². The molecule has 0 spiro atoms. The Labute approximate surface area is 137 Å². The molecule has 108 valence electrons. The third kappa shape index (κ3) is 3.16. The molecule has 0 bridgehead atoms. The molecule has 0 saturated heterocycles. The van der Waals surface area contributed by atoms with Crippen LogP contribution in [0.15, 0.2) is 48.7 Å². The van der Waals surface area contributed by atoms with Gasteiger partial charge in [-0.05, 0) is 30.3 Å². The number of rotatable bonds is 2. The van der Waals surface area contributed by atoms with Crippen molar-refractivity contribution in [2.45, 2.75) is 0 Å². The smallest absolute Gasteiger partial charge is 0.345 e. The highest BCUT2D eigenvalue weighted by Crippen LogP contribution is 2.25. The lowest BCUT2D eigenvalue weighted by molar-refractivity contribution is 1.19. The zero-order valence-corrected chi connectivity index (χ0v) is 12.5. The van der Waals surface area contributed by atoms with Crippen LogP contribution in [-0.2, 0) is 0 Å². The lowest BCUT2D eigenvalue weighted by Gasteiger charge is -2.01. The molecule has 0 aliphatic heterocycles. The molecule has 0 radical (unpaired) electrons. The molecule has 23 heavy (non-hydrogen) atoms. The monoisotopic (exact) mass is 317 g/mol. The number of pyridine rings is 1. The van der Waals surface area contributed by atoms with Crippen molar-refractivity contribution in [2.24, 2.45) is 0 Å². The standard InChI is InChI=1S/C17H8ClN5/c1-19-15-9-16(20-2)23-17(22-15)12-5-8-14(21-10-12)11-3-6-13(18)7-4-11/h3-10H. The Morgan fingerprint density at radius 1 is 0.826 bits per heavy atom. The van der Waals surface area contributed by atoms with Gasteiger partial charge < -0.3 is 9.69 Å². The quantitative estimate of drug-likeness (QED) is 0.627. The summed E-state index contributed by atoms with van der Waals surface area (Å²) in [5.74, 6) is 0.602. The lowest BCUT2D eigenvalue weighted by atomic mass is 10.1. The molecular formula is C17H8ClN5. The molecule has 5 nitrogen and oxygen atoms in total. The summed E-state index contributed by atoms with van der Waals surface area (Å²) in [6, 6.07) is 12.4. The van der Waals surface area contributed by atoms with Crippen LogP contribution in [0.25, 0.3) is 32.3 Å². The molecule has 0 saturated carbocycles. The molecule has 0 N–H and O–H groups in total. The summed E-state index contributed by atoms with van der Waals surface area (Å²) in [6.07, 6.45) is 1.63. The van der Waals surface area contributed by atoms with E-state index in [0.29, 0.717) is 16.4 Å². The minimum absolute atomic E-state index is 0.141. The van der Waals surface area contributed by atoms with Gasteiger partial charge >= 0.3 is 5.82 Å². The van der Waals surface area contributed by atoms with Crippen LogP contribution >= 0.6 is 11.6 Å². The first-order valence-electron chi connectivity index (χ1n) is 6.56. The van der Waals surface area contributed by atoms with Crippen LogP contribution in [0.1, 0.15) is 0 Å². The summed E-state index contributed by atoms with van der Waals surface area (Å²) in [7, 11) is 0. The Balaban J connectivity index is 1.98. The Morgan fingerprint density at radius 3 is 1.96 bits per heavy atom. The molecule has 0 unspecified atom stereocenters. The number of aromatic nitrogens is 3.